The van der Waals surface area contributed by atoms with E-state index in [2.05, 4.69) is 4.98 Å². The number of nitrogens with one attached hydrogen (secondary N) is 1. The van der Waals surface area contributed by atoms with Gasteiger partial charge in [0, 0.05) is 31.7 Å². The number of amides is 2. The summed E-state index contributed by atoms with van der Waals surface area (Å²) in [5, 5.41) is 0.419. The number of nitrogens with zero attached hydrogens (tertiary/aromatic N) is 2. The first kappa shape index (κ1) is 17.4. The first-order valence-corrected chi connectivity index (χ1v) is 8.87. The SMILES string of the molecule is O=C(c1ccc2[nH]c(=O)oc2c1)N1CCN(C(=O)c2ccccc2Cl)CC1. The third kappa shape index (κ3) is 3.33. The standard InChI is InChI=1S/C19H16ClN3O4/c20-14-4-2-1-3-13(14)18(25)23-9-7-22(8-10-23)17(24)12-5-6-15-16(11-12)27-19(26)21-15/h1-6,11H,7-10H2,(H,21,26). The number of oxazole rings is 1. The average molecular weight is 386 g/mol. The van der Waals surface area contributed by atoms with Crippen molar-refractivity contribution >= 4 is 34.5 Å². The molecule has 8 heteroatoms. The van der Waals surface area contributed by atoms with Gasteiger partial charge in [-0.3, -0.25) is 14.6 Å². The summed E-state index contributed by atoms with van der Waals surface area (Å²) in [4.78, 5) is 42.5. The summed E-state index contributed by atoms with van der Waals surface area (Å²) < 4.78 is 5.01. The van der Waals surface area contributed by atoms with E-state index in [0.29, 0.717) is 53.4 Å². The summed E-state index contributed by atoms with van der Waals surface area (Å²) in [6.45, 7) is 1.70. The van der Waals surface area contributed by atoms with Crippen molar-refractivity contribution in [1.29, 1.82) is 0 Å². The van der Waals surface area contributed by atoms with Gasteiger partial charge in [0.2, 0.25) is 0 Å². The monoisotopic (exact) mass is 385 g/mol. The fourth-order valence-electron chi connectivity index (χ4n) is 3.18. The molecule has 138 valence electrons. The fraction of sp³-hybridized carbons (Fsp3) is 0.211. The predicted molar refractivity (Wildman–Crippen MR) is 100 cm³/mol. The van der Waals surface area contributed by atoms with Crippen LogP contribution in [0.15, 0.2) is 51.7 Å². The summed E-state index contributed by atoms with van der Waals surface area (Å²) in [5.41, 5.74) is 1.80. The molecule has 1 fully saturated rings. The molecule has 7 nitrogen and oxygen atoms in total. The normalized spacial score (nSPS) is 14.6. The third-order valence-electron chi connectivity index (χ3n) is 4.63. The average Bonchev–Trinajstić information content (AvgIpc) is 3.06. The Bertz CT molecular complexity index is 1080. The first-order valence-electron chi connectivity index (χ1n) is 8.49. The lowest BCUT2D eigenvalue weighted by molar-refractivity contribution is 0.0535. The lowest BCUT2D eigenvalue weighted by Crippen LogP contribution is -2.50. The zero-order valence-electron chi connectivity index (χ0n) is 14.3. The molecular formula is C19H16ClN3O4. The van der Waals surface area contributed by atoms with E-state index in [9.17, 15) is 14.4 Å². The van der Waals surface area contributed by atoms with Gasteiger partial charge in [-0.2, -0.15) is 0 Å². The van der Waals surface area contributed by atoms with E-state index in [1.807, 2.05) is 0 Å². The van der Waals surface area contributed by atoms with Gasteiger partial charge in [-0.15, -0.1) is 0 Å². The van der Waals surface area contributed by atoms with Gasteiger partial charge in [0.25, 0.3) is 11.8 Å². The van der Waals surface area contributed by atoms with Gasteiger partial charge in [0.15, 0.2) is 5.58 Å². The molecule has 0 bridgehead atoms. The molecule has 2 heterocycles. The van der Waals surface area contributed by atoms with Crippen molar-refractivity contribution in [3.63, 3.8) is 0 Å². The Labute approximate surface area is 159 Å². The molecule has 1 N–H and O–H groups in total. The Morgan fingerprint density at radius 2 is 1.63 bits per heavy atom. The number of halogens is 1. The van der Waals surface area contributed by atoms with Crippen LogP contribution in [-0.2, 0) is 0 Å². The number of H-pyrrole nitrogens is 1. The number of piperazine rings is 1. The number of hydrogen-bond acceptors (Lipinski definition) is 4. The maximum Gasteiger partial charge on any atom is 0.417 e. The van der Waals surface area contributed by atoms with Crippen molar-refractivity contribution in [1.82, 2.24) is 14.8 Å². The van der Waals surface area contributed by atoms with E-state index in [1.54, 1.807) is 52.3 Å². The van der Waals surface area contributed by atoms with Crippen molar-refractivity contribution in [3.8, 4) is 0 Å². The van der Waals surface area contributed by atoms with Crippen LogP contribution in [0.3, 0.4) is 0 Å². The van der Waals surface area contributed by atoms with Gasteiger partial charge >= 0.3 is 5.76 Å². The maximum atomic E-state index is 12.7. The van der Waals surface area contributed by atoms with Crippen LogP contribution in [-0.4, -0.2) is 52.8 Å². The van der Waals surface area contributed by atoms with Crippen molar-refractivity contribution in [2.24, 2.45) is 0 Å². The van der Waals surface area contributed by atoms with E-state index >= 15 is 0 Å². The number of fused-ring (bicyclic) bond motifs is 1. The van der Waals surface area contributed by atoms with Crippen LogP contribution < -0.4 is 5.76 Å². The van der Waals surface area contributed by atoms with Gasteiger partial charge < -0.3 is 14.2 Å². The number of hydrogen-bond donors (Lipinski definition) is 1. The summed E-state index contributed by atoms with van der Waals surface area (Å²) in [6.07, 6.45) is 0. The quantitative estimate of drug-likeness (QED) is 0.733. The second-order valence-corrected chi connectivity index (χ2v) is 6.70. The molecule has 27 heavy (non-hydrogen) atoms. The lowest BCUT2D eigenvalue weighted by atomic mass is 10.1. The van der Waals surface area contributed by atoms with Crippen molar-refractivity contribution in [2.45, 2.75) is 0 Å². The van der Waals surface area contributed by atoms with Gasteiger partial charge in [0.05, 0.1) is 16.1 Å². The first-order chi connectivity index (χ1) is 13.0. The summed E-state index contributed by atoms with van der Waals surface area (Å²) in [7, 11) is 0. The molecule has 1 aliphatic heterocycles. The zero-order chi connectivity index (χ0) is 19.0. The topological polar surface area (TPSA) is 86.6 Å². The van der Waals surface area contributed by atoms with Crippen LogP contribution in [0.5, 0.6) is 0 Å². The highest BCUT2D eigenvalue weighted by Crippen LogP contribution is 2.19. The molecule has 2 amide bonds. The number of carbonyl (C=O) groups is 2. The Kier molecular flexibility index (Phi) is 4.45. The molecular weight excluding hydrogens is 370 g/mol. The lowest BCUT2D eigenvalue weighted by Gasteiger charge is -2.35. The summed E-state index contributed by atoms with van der Waals surface area (Å²) in [5.74, 6) is -0.852. The van der Waals surface area contributed by atoms with E-state index < -0.39 is 5.76 Å². The highest BCUT2D eigenvalue weighted by molar-refractivity contribution is 6.33. The van der Waals surface area contributed by atoms with E-state index in [0.717, 1.165) is 0 Å². The molecule has 0 unspecified atom stereocenters. The molecule has 1 aliphatic rings. The Morgan fingerprint density at radius 3 is 2.33 bits per heavy atom. The second-order valence-electron chi connectivity index (χ2n) is 6.29. The predicted octanol–water partition coefficient (Wildman–Crippen LogP) is 2.37. The van der Waals surface area contributed by atoms with Crippen LogP contribution in [0.1, 0.15) is 20.7 Å². The molecule has 0 saturated carbocycles. The van der Waals surface area contributed by atoms with Crippen LogP contribution in [0.4, 0.5) is 0 Å². The molecule has 3 aromatic rings. The van der Waals surface area contributed by atoms with Crippen LogP contribution in [0.2, 0.25) is 5.02 Å². The fourth-order valence-corrected chi connectivity index (χ4v) is 3.40. The molecule has 0 radical (unpaired) electrons. The highest BCUT2D eigenvalue weighted by atomic mass is 35.5. The van der Waals surface area contributed by atoms with E-state index in [1.165, 1.54) is 0 Å². The number of aromatic nitrogens is 1. The zero-order valence-corrected chi connectivity index (χ0v) is 15.0. The molecule has 0 spiro atoms. The van der Waals surface area contributed by atoms with Gasteiger partial charge in [-0.25, -0.2) is 4.79 Å². The van der Waals surface area contributed by atoms with Crippen molar-refractivity contribution in [3.05, 3.63) is 69.2 Å². The number of aromatic amines is 1. The molecule has 1 saturated heterocycles. The summed E-state index contributed by atoms with van der Waals surface area (Å²) >= 11 is 6.10. The Hall–Kier alpha value is -3.06. The van der Waals surface area contributed by atoms with E-state index in [4.69, 9.17) is 16.0 Å². The minimum atomic E-state index is -0.554. The van der Waals surface area contributed by atoms with E-state index in [-0.39, 0.29) is 11.8 Å². The van der Waals surface area contributed by atoms with Gasteiger partial charge in [-0.05, 0) is 30.3 Å². The van der Waals surface area contributed by atoms with Gasteiger partial charge in [-0.1, -0.05) is 23.7 Å². The van der Waals surface area contributed by atoms with Crippen LogP contribution in [0, 0.1) is 0 Å². The molecule has 2 aromatic carbocycles. The van der Waals surface area contributed by atoms with Crippen molar-refractivity contribution < 1.29 is 14.0 Å². The Morgan fingerprint density at radius 1 is 0.963 bits per heavy atom. The van der Waals surface area contributed by atoms with Crippen LogP contribution >= 0.6 is 11.6 Å². The Balaban J connectivity index is 1.45. The number of carbonyl (C=O) groups excluding carboxylic acids is 2. The largest absolute Gasteiger partial charge is 0.417 e. The minimum Gasteiger partial charge on any atom is -0.408 e. The third-order valence-corrected chi connectivity index (χ3v) is 4.96. The van der Waals surface area contributed by atoms with Crippen LogP contribution in [0.25, 0.3) is 11.1 Å². The maximum absolute atomic E-state index is 12.7. The highest BCUT2D eigenvalue weighted by Gasteiger charge is 2.26. The molecule has 4 rings (SSSR count). The number of rotatable bonds is 2. The number of benzene rings is 2. The molecule has 0 atom stereocenters. The van der Waals surface area contributed by atoms with Crippen molar-refractivity contribution in [2.75, 3.05) is 26.2 Å². The van der Waals surface area contributed by atoms with Gasteiger partial charge in [0.1, 0.15) is 0 Å². The smallest absolute Gasteiger partial charge is 0.408 e. The minimum absolute atomic E-state index is 0.136. The molecule has 1 aromatic heterocycles. The summed E-state index contributed by atoms with van der Waals surface area (Å²) in [6, 6.07) is 11.8. The molecule has 0 aliphatic carbocycles. The second kappa shape index (κ2) is 6.92.